The second-order valence-corrected chi connectivity index (χ2v) is 3.15. The summed E-state index contributed by atoms with van der Waals surface area (Å²) in [7, 11) is 0. The molecule has 0 radical (unpaired) electrons. The van der Waals surface area contributed by atoms with Crippen LogP contribution in [0.1, 0.15) is 21.3 Å². The summed E-state index contributed by atoms with van der Waals surface area (Å²) < 4.78 is 9.78. The highest BCUT2D eigenvalue weighted by molar-refractivity contribution is 5.75. The zero-order valence-corrected chi connectivity index (χ0v) is 7.28. The van der Waals surface area contributed by atoms with Gasteiger partial charge in [-0.05, 0) is 26.0 Å². The molecule has 0 aliphatic rings. The van der Waals surface area contributed by atoms with E-state index in [4.69, 9.17) is 1.37 Å². The van der Waals surface area contributed by atoms with Gasteiger partial charge in [-0.15, -0.1) is 0 Å². The van der Waals surface area contributed by atoms with Crippen LogP contribution in [0.25, 0.3) is 11.0 Å². The van der Waals surface area contributed by atoms with Crippen molar-refractivity contribution in [2.75, 3.05) is 0 Å². The van der Waals surface area contributed by atoms with Crippen molar-refractivity contribution in [3.63, 3.8) is 0 Å². The van der Waals surface area contributed by atoms with Crippen molar-refractivity contribution in [3.05, 3.63) is 30.6 Å². The van der Waals surface area contributed by atoms with Crippen LogP contribution in [-0.2, 0) is 0 Å². The van der Waals surface area contributed by atoms with Gasteiger partial charge in [-0.25, -0.2) is 4.98 Å². The lowest BCUT2D eigenvalue weighted by Gasteiger charge is -2.06. The Balaban J connectivity index is 2.79. The van der Waals surface area contributed by atoms with Crippen molar-refractivity contribution >= 4 is 11.0 Å². The molecule has 0 saturated carbocycles. The van der Waals surface area contributed by atoms with E-state index >= 15 is 0 Å². The number of hydrogen-bond donors (Lipinski definition) is 0. The lowest BCUT2D eigenvalue weighted by molar-refractivity contribution is 0.617. The number of imidazole rings is 1. The lowest BCUT2D eigenvalue weighted by Crippen LogP contribution is -1.97. The fraction of sp³-hybridized carbons (Fsp3) is 0.300. The standard InChI is InChI=1S/C10H12N2/c1-8(2)12-7-11-9-5-3-4-6-10(9)12/h3-8H,1-2H3/i6T. The van der Waals surface area contributed by atoms with Gasteiger partial charge in [0.15, 0.2) is 0 Å². The Bertz CT molecular complexity index is 431. The zero-order valence-electron chi connectivity index (χ0n) is 8.28. The van der Waals surface area contributed by atoms with Gasteiger partial charge in [0.25, 0.3) is 0 Å². The third-order valence-corrected chi connectivity index (χ3v) is 1.95. The van der Waals surface area contributed by atoms with Crippen molar-refractivity contribution in [1.29, 1.82) is 0 Å². The van der Waals surface area contributed by atoms with Crippen LogP contribution in [0.15, 0.2) is 30.6 Å². The Morgan fingerprint density at radius 2 is 2.33 bits per heavy atom. The van der Waals surface area contributed by atoms with Crippen LogP contribution in [0.5, 0.6) is 0 Å². The van der Waals surface area contributed by atoms with E-state index < -0.39 is 0 Å². The lowest BCUT2D eigenvalue weighted by atomic mass is 10.3. The summed E-state index contributed by atoms with van der Waals surface area (Å²) in [6.45, 7) is 4.18. The minimum absolute atomic E-state index is 0.358. The van der Waals surface area contributed by atoms with E-state index in [0.29, 0.717) is 12.1 Å². The molecule has 0 aliphatic carbocycles. The van der Waals surface area contributed by atoms with Crippen LogP contribution < -0.4 is 0 Å². The quantitative estimate of drug-likeness (QED) is 0.630. The summed E-state index contributed by atoms with van der Waals surface area (Å²) in [5.74, 6) is 0. The van der Waals surface area contributed by atoms with Crippen molar-refractivity contribution in [2.24, 2.45) is 0 Å². The second kappa shape index (κ2) is 2.63. The Labute approximate surface area is 73.3 Å². The van der Waals surface area contributed by atoms with E-state index in [-0.39, 0.29) is 0 Å². The van der Waals surface area contributed by atoms with Crippen LogP contribution in [0.4, 0.5) is 0 Å². The summed E-state index contributed by atoms with van der Waals surface area (Å²) in [5.41, 5.74) is 1.83. The molecule has 1 aromatic carbocycles. The number of para-hydroxylation sites is 2. The third kappa shape index (κ3) is 0.998. The maximum Gasteiger partial charge on any atom is 0.0960 e. The summed E-state index contributed by atoms with van der Waals surface area (Å²) in [6.07, 6.45) is 1.80. The van der Waals surface area contributed by atoms with Crippen molar-refractivity contribution in [1.82, 2.24) is 9.55 Å². The van der Waals surface area contributed by atoms with E-state index in [1.54, 1.807) is 12.4 Å². The molecule has 1 heterocycles. The maximum absolute atomic E-state index is 7.75. The molecule has 0 amide bonds. The zero-order chi connectivity index (χ0) is 9.42. The monoisotopic (exact) mass is 162 g/mol. The number of fused-ring (bicyclic) bond motifs is 1. The Morgan fingerprint density at radius 3 is 3.08 bits per heavy atom. The first-order valence-corrected chi connectivity index (χ1v) is 4.12. The van der Waals surface area contributed by atoms with E-state index in [0.717, 1.165) is 11.0 Å². The molecule has 0 spiro atoms. The van der Waals surface area contributed by atoms with Gasteiger partial charge in [-0.3, -0.25) is 0 Å². The van der Waals surface area contributed by atoms with Gasteiger partial charge in [0.1, 0.15) is 0 Å². The van der Waals surface area contributed by atoms with Gasteiger partial charge in [-0.1, -0.05) is 12.1 Å². The molecule has 2 nitrogen and oxygen atoms in total. The molecule has 0 N–H and O–H groups in total. The van der Waals surface area contributed by atoms with Crippen molar-refractivity contribution in [2.45, 2.75) is 19.9 Å². The van der Waals surface area contributed by atoms with Gasteiger partial charge in [0.05, 0.1) is 18.7 Å². The molecule has 12 heavy (non-hydrogen) atoms. The van der Waals surface area contributed by atoms with Gasteiger partial charge in [0.2, 0.25) is 0 Å². The molecule has 1 aromatic heterocycles. The van der Waals surface area contributed by atoms with E-state index in [1.165, 1.54) is 0 Å². The maximum atomic E-state index is 7.75. The highest BCUT2D eigenvalue weighted by atomic mass is 15.1. The van der Waals surface area contributed by atoms with Crippen LogP contribution >= 0.6 is 0 Å². The predicted octanol–water partition coefficient (Wildman–Crippen LogP) is 2.62. The number of aromatic nitrogens is 2. The van der Waals surface area contributed by atoms with Gasteiger partial charge >= 0.3 is 0 Å². The molecule has 0 saturated heterocycles. The number of benzene rings is 1. The van der Waals surface area contributed by atoms with Gasteiger partial charge < -0.3 is 4.57 Å². The molecule has 0 fully saturated rings. The molecule has 2 rings (SSSR count). The average Bonchev–Trinajstić information content (AvgIpc) is 2.49. The van der Waals surface area contributed by atoms with Crippen LogP contribution in [-0.4, -0.2) is 9.55 Å². The first-order chi connectivity index (χ1) is 6.20. The number of hydrogen-bond acceptors (Lipinski definition) is 1. The minimum Gasteiger partial charge on any atom is -0.328 e. The fourth-order valence-corrected chi connectivity index (χ4v) is 1.30. The van der Waals surface area contributed by atoms with Crippen LogP contribution in [0.3, 0.4) is 0 Å². The highest BCUT2D eigenvalue weighted by Crippen LogP contribution is 2.15. The molecule has 2 heteroatoms. The Hall–Kier alpha value is -1.31. The smallest absolute Gasteiger partial charge is 0.0960 e. The number of nitrogens with zero attached hydrogens (tertiary/aromatic N) is 2. The topological polar surface area (TPSA) is 17.8 Å². The Morgan fingerprint density at radius 1 is 1.50 bits per heavy atom. The second-order valence-electron chi connectivity index (χ2n) is 3.15. The molecule has 0 aliphatic heterocycles. The van der Waals surface area contributed by atoms with Crippen LogP contribution in [0, 0.1) is 0 Å². The summed E-state index contributed by atoms with van der Waals surface area (Å²) in [6, 6.07) is 6.50. The molecule has 2 aromatic rings. The Kier molecular flexibility index (Phi) is 1.36. The summed E-state index contributed by atoms with van der Waals surface area (Å²) in [4.78, 5) is 4.24. The van der Waals surface area contributed by atoms with Gasteiger partial charge in [-0.2, -0.15) is 0 Å². The van der Waals surface area contributed by atoms with E-state index in [1.807, 2.05) is 16.7 Å². The van der Waals surface area contributed by atoms with Crippen molar-refractivity contribution < 1.29 is 1.37 Å². The SMILES string of the molecule is [3H]c1cccc2ncn(C(C)C)c12. The van der Waals surface area contributed by atoms with Gasteiger partial charge in [0, 0.05) is 6.04 Å². The molecule has 0 atom stereocenters. The fourth-order valence-electron chi connectivity index (χ4n) is 1.30. The summed E-state index contributed by atoms with van der Waals surface area (Å²) in [5, 5.41) is 0. The van der Waals surface area contributed by atoms with E-state index in [9.17, 15) is 0 Å². The predicted molar refractivity (Wildman–Crippen MR) is 50.1 cm³/mol. The molecule has 62 valence electrons. The molecule has 0 unspecified atom stereocenters. The third-order valence-electron chi connectivity index (χ3n) is 1.95. The number of rotatable bonds is 1. The first kappa shape index (κ1) is 6.23. The van der Waals surface area contributed by atoms with E-state index in [2.05, 4.69) is 18.8 Å². The molecular weight excluding hydrogens is 148 g/mol. The largest absolute Gasteiger partial charge is 0.328 e. The van der Waals surface area contributed by atoms with Crippen molar-refractivity contribution in [3.8, 4) is 0 Å². The highest BCUT2D eigenvalue weighted by Gasteiger charge is 2.02. The molecular formula is C10H12N2. The van der Waals surface area contributed by atoms with Crippen LogP contribution in [0.2, 0.25) is 0 Å². The molecule has 0 bridgehead atoms. The first-order valence-electron chi connectivity index (χ1n) is 4.62. The average molecular weight is 162 g/mol. The summed E-state index contributed by atoms with van der Waals surface area (Å²) >= 11 is 0. The minimum atomic E-state index is 0.358. The normalized spacial score (nSPS) is 12.4.